The number of rotatable bonds is 3. The van der Waals surface area contributed by atoms with Gasteiger partial charge in [-0.3, -0.25) is 4.98 Å². The van der Waals surface area contributed by atoms with Crippen LogP contribution in [0.3, 0.4) is 0 Å². The van der Waals surface area contributed by atoms with Gasteiger partial charge in [-0.2, -0.15) is 4.37 Å². The fourth-order valence-electron chi connectivity index (χ4n) is 2.98. The fourth-order valence-corrected chi connectivity index (χ4v) is 3.80. The SMILES string of the molecule is Nc1nsc(NC2CCCCCCC2)c1-c1ccncc1. The molecule has 0 aliphatic heterocycles. The lowest BCUT2D eigenvalue weighted by Gasteiger charge is -2.21. The van der Waals surface area contributed by atoms with E-state index in [1.165, 1.54) is 56.5 Å². The first-order valence-corrected chi connectivity index (χ1v) is 8.54. The molecule has 1 fully saturated rings. The van der Waals surface area contributed by atoms with Crippen LogP contribution in [-0.4, -0.2) is 15.4 Å². The number of nitrogens with two attached hydrogens (primary N) is 1. The van der Waals surface area contributed by atoms with Crippen LogP contribution in [0.4, 0.5) is 10.8 Å². The predicted octanol–water partition coefficient (Wildman–Crippen LogP) is 4.31. The smallest absolute Gasteiger partial charge is 0.147 e. The van der Waals surface area contributed by atoms with Crippen molar-refractivity contribution in [2.75, 3.05) is 11.1 Å². The first kappa shape index (κ1) is 14.3. The Labute approximate surface area is 130 Å². The summed E-state index contributed by atoms with van der Waals surface area (Å²) in [5.74, 6) is 0.611. The highest BCUT2D eigenvalue weighted by molar-refractivity contribution is 7.11. The molecule has 2 aromatic heterocycles. The molecule has 0 unspecified atom stereocenters. The first-order valence-electron chi connectivity index (χ1n) is 7.76. The number of nitrogen functional groups attached to an aromatic ring is 1. The van der Waals surface area contributed by atoms with Gasteiger partial charge in [0.1, 0.15) is 10.8 Å². The van der Waals surface area contributed by atoms with E-state index in [9.17, 15) is 0 Å². The van der Waals surface area contributed by atoms with Gasteiger partial charge in [-0.1, -0.05) is 32.1 Å². The minimum Gasteiger partial charge on any atom is -0.382 e. The molecule has 0 atom stereocenters. The Morgan fingerprint density at radius 2 is 1.71 bits per heavy atom. The third-order valence-corrected chi connectivity index (χ3v) is 4.92. The molecule has 0 aromatic carbocycles. The molecule has 3 rings (SSSR count). The van der Waals surface area contributed by atoms with Gasteiger partial charge in [-0.25, -0.2) is 0 Å². The van der Waals surface area contributed by atoms with Crippen molar-refractivity contribution in [1.29, 1.82) is 0 Å². The van der Waals surface area contributed by atoms with Crippen molar-refractivity contribution in [1.82, 2.24) is 9.36 Å². The summed E-state index contributed by atoms with van der Waals surface area (Å²) in [4.78, 5) is 4.07. The Kier molecular flexibility index (Phi) is 4.70. The minimum absolute atomic E-state index is 0.547. The molecule has 0 saturated heterocycles. The highest BCUT2D eigenvalue weighted by Gasteiger charge is 2.18. The van der Waals surface area contributed by atoms with Gasteiger partial charge < -0.3 is 11.1 Å². The fraction of sp³-hybridized carbons (Fsp3) is 0.500. The second-order valence-corrected chi connectivity index (χ2v) is 6.47. The van der Waals surface area contributed by atoms with Crippen LogP contribution in [0.1, 0.15) is 44.9 Å². The van der Waals surface area contributed by atoms with Gasteiger partial charge in [0.25, 0.3) is 0 Å². The topological polar surface area (TPSA) is 63.8 Å². The highest BCUT2D eigenvalue weighted by atomic mass is 32.1. The van der Waals surface area contributed by atoms with E-state index < -0.39 is 0 Å². The molecule has 1 saturated carbocycles. The molecule has 112 valence electrons. The van der Waals surface area contributed by atoms with Gasteiger partial charge in [0, 0.05) is 18.4 Å². The Hall–Kier alpha value is -1.62. The largest absolute Gasteiger partial charge is 0.382 e. The maximum absolute atomic E-state index is 6.07. The number of hydrogen-bond acceptors (Lipinski definition) is 5. The summed E-state index contributed by atoms with van der Waals surface area (Å²) in [6, 6.07) is 4.53. The number of nitrogens with one attached hydrogen (secondary N) is 1. The van der Waals surface area contributed by atoms with Crippen LogP contribution in [-0.2, 0) is 0 Å². The van der Waals surface area contributed by atoms with E-state index in [1.54, 1.807) is 12.4 Å². The van der Waals surface area contributed by atoms with Crippen LogP contribution < -0.4 is 11.1 Å². The maximum atomic E-state index is 6.07. The zero-order valence-electron chi connectivity index (χ0n) is 12.2. The minimum atomic E-state index is 0.547. The van der Waals surface area contributed by atoms with Crippen molar-refractivity contribution in [3.05, 3.63) is 24.5 Å². The van der Waals surface area contributed by atoms with Gasteiger partial charge in [0.05, 0.1) is 5.56 Å². The molecule has 0 bridgehead atoms. The average Bonchev–Trinajstić information content (AvgIpc) is 2.83. The Morgan fingerprint density at radius 1 is 1.05 bits per heavy atom. The first-order chi connectivity index (χ1) is 10.3. The molecule has 5 heteroatoms. The van der Waals surface area contributed by atoms with E-state index >= 15 is 0 Å². The zero-order valence-corrected chi connectivity index (χ0v) is 13.0. The summed E-state index contributed by atoms with van der Waals surface area (Å²) >= 11 is 1.47. The second kappa shape index (κ2) is 6.89. The Balaban J connectivity index is 1.79. The molecule has 0 spiro atoms. The number of anilines is 2. The lowest BCUT2D eigenvalue weighted by Crippen LogP contribution is -2.20. The van der Waals surface area contributed by atoms with Crippen molar-refractivity contribution in [2.45, 2.75) is 51.0 Å². The van der Waals surface area contributed by atoms with Crippen LogP contribution in [0, 0.1) is 0 Å². The predicted molar refractivity (Wildman–Crippen MR) is 89.5 cm³/mol. The molecule has 2 aromatic rings. The van der Waals surface area contributed by atoms with Crippen molar-refractivity contribution in [3.63, 3.8) is 0 Å². The summed E-state index contributed by atoms with van der Waals surface area (Å²) in [5.41, 5.74) is 8.19. The molecule has 0 radical (unpaired) electrons. The van der Waals surface area contributed by atoms with Crippen LogP contribution in [0.15, 0.2) is 24.5 Å². The van der Waals surface area contributed by atoms with Crippen molar-refractivity contribution in [2.24, 2.45) is 0 Å². The van der Waals surface area contributed by atoms with E-state index in [1.807, 2.05) is 12.1 Å². The summed E-state index contributed by atoms with van der Waals surface area (Å²) in [5, 5.41) is 4.79. The highest BCUT2D eigenvalue weighted by Crippen LogP contribution is 2.37. The van der Waals surface area contributed by atoms with Crippen molar-refractivity contribution < 1.29 is 0 Å². The number of nitrogens with zero attached hydrogens (tertiary/aromatic N) is 2. The van der Waals surface area contributed by atoms with Gasteiger partial charge in [0.2, 0.25) is 0 Å². The molecular formula is C16H22N4S. The summed E-state index contributed by atoms with van der Waals surface area (Å²) < 4.78 is 4.34. The molecule has 2 heterocycles. The maximum Gasteiger partial charge on any atom is 0.147 e. The molecule has 1 aliphatic rings. The second-order valence-electron chi connectivity index (χ2n) is 5.69. The lowest BCUT2D eigenvalue weighted by molar-refractivity contribution is 0.472. The van der Waals surface area contributed by atoms with Crippen molar-refractivity contribution in [3.8, 4) is 11.1 Å². The molecule has 3 N–H and O–H groups in total. The van der Waals surface area contributed by atoms with Crippen molar-refractivity contribution >= 4 is 22.4 Å². The van der Waals surface area contributed by atoms with E-state index in [4.69, 9.17) is 5.73 Å². The number of hydrogen-bond donors (Lipinski definition) is 2. The zero-order chi connectivity index (χ0) is 14.5. The Morgan fingerprint density at radius 3 is 2.43 bits per heavy atom. The molecule has 1 aliphatic carbocycles. The lowest BCUT2D eigenvalue weighted by atomic mass is 9.96. The Bertz CT molecular complexity index is 559. The van der Waals surface area contributed by atoms with E-state index in [0.717, 1.165) is 16.1 Å². The van der Waals surface area contributed by atoms with E-state index in [2.05, 4.69) is 14.7 Å². The van der Waals surface area contributed by atoms with E-state index in [-0.39, 0.29) is 0 Å². The van der Waals surface area contributed by atoms with E-state index in [0.29, 0.717) is 11.9 Å². The summed E-state index contributed by atoms with van der Waals surface area (Å²) in [6.07, 6.45) is 12.8. The molecule has 4 nitrogen and oxygen atoms in total. The van der Waals surface area contributed by atoms with Crippen LogP contribution >= 0.6 is 11.5 Å². The average molecular weight is 302 g/mol. The standard InChI is InChI=1S/C16H22N4S/c17-15-14(12-8-10-18-11-9-12)16(21-20-15)19-13-6-4-2-1-3-5-7-13/h8-11,13,19H,1-7H2,(H2,17,20). The number of pyridine rings is 1. The van der Waals surface area contributed by atoms with Crippen LogP contribution in [0.25, 0.3) is 11.1 Å². The normalized spacial score (nSPS) is 17.1. The molecule has 21 heavy (non-hydrogen) atoms. The molecule has 0 amide bonds. The van der Waals surface area contributed by atoms with Gasteiger partial charge >= 0.3 is 0 Å². The monoisotopic (exact) mass is 302 g/mol. The number of aromatic nitrogens is 2. The van der Waals surface area contributed by atoms with Gasteiger partial charge in [-0.15, -0.1) is 0 Å². The molecular weight excluding hydrogens is 280 g/mol. The van der Waals surface area contributed by atoms with Crippen LogP contribution in [0.2, 0.25) is 0 Å². The third-order valence-electron chi connectivity index (χ3n) is 4.13. The van der Waals surface area contributed by atoms with Gasteiger partial charge in [-0.05, 0) is 42.1 Å². The third kappa shape index (κ3) is 3.53. The quantitative estimate of drug-likeness (QED) is 0.886. The summed E-state index contributed by atoms with van der Waals surface area (Å²) in [6.45, 7) is 0. The van der Waals surface area contributed by atoms with Gasteiger partial charge in [0.15, 0.2) is 0 Å². The van der Waals surface area contributed by atoms with Crippen LogP contribution in [0.5, 0.6) is 0 Å². The summed E-state index contributed by atoms with van der Waals surface area (Å²) in [7, 11) is 0.